The van der Waals surface area contributed by atoms with Crippen molar-refractivity contribution in [1.29, 1.82) is 0 Å². The van der Waals surface area contributed by atoms with E-state index in [1.807, 2.05) is 0 Å². The Morgan fingerprint density at radius 2 is 1.90 bits per heavy atom. The minimum atomic E-state index is -0.0115. The van der Waals surface area contributed by atoms with Gasteiger partial charge in [-0.25, -0.2) is 5.11 Å². The van der Waals surface area contributed by atoms with E-state index in [0.717, 1.165) is 6.42 Å². The number of nitrogens with one attached hydrogen (secondary N) is 1. The molecule has 10 heavy (non-hydrogen) atoms. The van der Waals surface area contributed by atoms with Crippen LogP contribution in [0.25, 0.3) is 0 Å². The molecule has 1 N–H and O–H groups in total. The van der Waals surface area contributed by atoms with Crippen LogP contribution in [0.2, 0.25) is 0 Å². The fourth-order valence-electron chi connectivity index (χ4n) is 1.10. The van der Waals surface area contributed by atoms with Crippen molar-refractivity contribution in [1.82, 2.24) is 5.32 Å². The zero-order chi connectivity index (χ0) is 7.98. The van der Waals surface area contributed by atoms with E-state index < -0.39 is 0 Å². The van der Waals surface area contributed by atoms with Gasteiger partial charge in [0.25, 0.3) is 0 Å². The highest BCUT2D eigenvalue weighted by Crippen LogP contribution is 2.02. The van der Waals surface area contributed by atoms with E-state index in [-0.39, 0.29) is 6.61 Å². The van der Waals surface area contributed by atoms with Crippen LogP contribution in [0.4, 0.5) is 0 Å². The van der Waals surface area contributed by atoms with Gasteiger partial charge in [-0.2, -0.15) is 0 Å². The summed E-state index contributed by atoms with van der Waals surface area (Å²) in [4.78, 5) is 0. The summed E-state index contributed by atoms with van der Waals surface area (Å²) in [7, 11) is 0. The Hall–Kier alpha value is -0.0800. The molecule has 0 aromatic carbocycles. The van der Waals surface area contributed by atoms with E-state index in [0.29, 0.717) is 18.5 Å². The quantitative estimate of drug-likeness (QED) is 0.622. The topological polar surface area (TPSA) is 31.9 Å². The Morgan fingerprint density at radius 3 is 2.30 bits per heavy atom. The molecule has 0 aromatic rings. The summed E-state index contributed by atoms with van der Waals surface area (Å²) >= 11 is 0. The van der Waals surface area contributed by atoms with Crippen LogP contribution in [0, 0.1) is 5.92 Å². The van der Waals surface area contributed by atoms with E-state index in [4.69, 9.17) is 0 Å². The third kappa shape index (κ3) is 6.05. The molecule has 0 rings (SSSR count). The van der Waals surface area contributed by atoms with Crippen molar-refractivity contribution in [3.05, 3.63) is 0 Å². The molecule has 0 aliphatic carbocycles. The average molecular weight is 144 g/mol. The van der Waals surface area contributed by atoms with Crippen LogP contribution in [0.3, 0.4) is 0 Å². The van der Waals surface area contributed by atoms with Crippen molar-refractivity contribution in [3.8, 4) is 0 Å². The van der Waals surface area contributed by atoms with Gasteiger partial charge in [-0.05, 0) is 19.3 Å². The van der Waals surface area contributed by atoms with Gasteiger partial charge in [0, 0.05) is 12.6 Å². The normalized spacial score (nSPS) is 14.1. The van der Waals surface area contributed by atoms with Gasteiger partial charge in [0.05, 0.1) is 6.61 Å². The van der Waals surface area contributed by atoms with E-state index >= 15 is 0 Å². The second kappa shape index (κ2) is 5.69. The van der Waals surface area contributed by atoms with Crippen LogP contribution in [0.5, 0.6) is 0 Å². The first-order chi connectivity index (χ1) is 4.66. The van der Waals surface area contributed by atoms with Crippen molar-refractivity contribution in [2.75, 3.05) is 13.2 Å². The maximum atomic E-state index is 10.1. The first-order valence-electron chi connectivity index (χ1n) is 3.98. The summed E-state index contributed by atoms with van der Waals surface area (Å²) in [6.07, 6.45) is 1.15. The number of hydrogen-bond donors (Lipinski definition) is 1. The van der Waals surface area contributed by atoms with Crippen molar-refractivity contribution in [2.24, 2.45) is 5.92 Å². The number of rotatable bonds is 5. The SMILES string of the molecule is CC(C)CC(C)NCC[O]. The molecule has 1 radical (unpaired) electrons. The van der Waals surface area contributed by atoms with Crippen molar-refractivity contribution >= 4 is 0 Å². The van der Waals surface area contributed by atoms with E-state index in [1.54, 1.807) is 0 Å². The van der Waals surface area contributed by atoms with Gasteiger partial charge in [-0.15, -0.1) is 0 Å². The van der Waals surface area contributed by atoms with Gasteiger partial charge >= 0.3 is 0 Å². The zero-order valence-corrected chi connectivity index (χ0v) is 7.18. The second-order valence-corrected chi connectivity index (χ2v) is 3.19. The molecule has 0 heterocycles. The van der Waals surface area contributed by atoms with Gasteiger partial charge < -0.3 is 5.32 Å². The summed E-state index contributed by atoms with van der Waals surface area (Å²) in [5.74, 6) is 0.717. The smallest absolute Gasteiger partial charge is 0.0946 e. The monoisotopic (exact) mass is 144 g/mol. The Bertz CT molecular complexity index is 73.7. The molecule has 0 saturated heterocycles. The second-order valence-electron chi connectivity index (χ2n) is 3.19. The van der Waals surface area contributed by atoms with Crippen LogP contribution in [-0.2, 0) is 5.11 Å². The minimum Gasteiger partial charge on any atom is -0.312 e. The van der Waals surface area contributed by atoms with Crippen LogP contribution in [0.15, 0.2) is 0 Å². The maximum absolute atomic E-state index is 10.1. The van der Waals surface area contributed by atoms with Gasteiger partial charge in [0.15, 0.2) is 0 Å². The van der Waals surface area contributed by atoms with Crippen molar-refractivity contribution < 1.29 is 5.11 Å². The van der Waals surface area contributed by atoms with E-state index in [2.05, 4.69) is 26.1 Å². The van der Waals surface area contributed by atoms with Crippen molar-refractivity contribution in [3.63, 3.8) is 0 Å². The molecule has 1 unspecified atom stereocenters. The molecule has 0 amide bonds. The lowest BCUT2D eigenvalue weighted by atomic mass is 10.1. The highest BCUT2D eigenvalue weighted by atomic mass is 16.3. The number of hydrogen-bond acceptors (Lipinski definition) is 1. The van der Waals surface area contributed by atoms with E-state index in [1.165, 1.54) is 0 Å². The molecule has 1 atom stereocenters. The molecule has 0 saturated carbocycles. The Balaban J connectivity index is 3.16. The predicted molar refractivity (Wildman–Crippen MR) is 42.5 cm³/mol. The van der Waals surface area contributed by atoms with E-state index in [9.17, 15) is 5.11 Å². The average Bonchev–Trinajstić information content (AvgIpc) is 1.82. The molecule has 61 valence electrons. The molecule has 0 fully saturated rings. The summed E-state index contributed by atoms with van der Waals surface area (Å²) in [5.41, 5.74) is 0. The first-order valence-corrected chi connectivity index (χ1v) is 3.98. The van der Waals surface area contributed by atoms with Gasteiger partial charge in [-0.3, -0.25) is 0 Å². The van der Waals surface area contributed by atoms with Crippen LogP contribution < -0.4 is 5.32 Å². The first kappa shape index (κ1) is 9.92. The summed E-state index contributed by atoms with van der Waals surface area (Å²) < 4.78 is 0. The lowest BCUT2D eigenvalue weighted by molar-refractivity contribution is 0.189. The fourth-order valence-corrected chi connectivity index (χ4v) is 1.10. The Morgan fingerprint density at radius 1 is 1.30 bits per heavy atom. The summed E-state index contributed by atoms with van der Waals surface area (Å²) in [6.45, 7) is 7.09. The van der Waals surface area contributed by atoms with Crippen LogP contribution in [-0.4, -0.2) is 19.2 Å². The largest absolute Gasteiger partial charge is 0.312 e. The third-order valence-corrected chi connectivity index (χ3v) is 1.42. The Labute approximate surface area is 63.6 Å². The standard InChI is InChI=1S/C8H18NO/c1-7(2)6-8(3)9-4-5-10/h7-9H,4-6H2,1-3H3. The van der Waals surface area contributed by atoms with Gasteiger partial charge in [0.1, 0.15) is 0 Å². The molecule has 0 aromatic heterocycles. The van der Waals surface area contributed by atoms with Gasteiger partial charge in [-0.1, -0.05) is 13.8 Å². The van der Waals surface area contributed by atoms with Crippen LogP contribution >= 0.6 is 0 Å². The molecular formula is C8H18NO. The lowest BCUT2D eigenvalue weighted by Crippen LogP contribution is -2.29. The van der Waals surface area contributed by atoms with Crippen LogP contribution in [0.1, 0.15) is 27.2 Å². The molecule has 0 bridgehead atoms. The Kier molecular flexibility index (Phi) is 5.64. The molecule has 0 spiro atoms. The highest BCUT2D eigenvalue weighted by molar-refractivity contribution is 4.61. The molecule has 2 heteroatoms. The third-order valence-electron chi connectivity index (χ3n) is 1.42. The fraction of sp³-hybridized carbons (Fsp3) is 1.00. The molecule has 2 nitrogen and oxygen atoms in total. The minimum absolute atomic E-state index is 0.0115. The lowest BCUT2D eigenvalue weighted by Gasteiger charge is -2.14. The summed E-state index contributed by atoms with van der Waals surface area (Å²) in [5, 5.41) is 13.2. The molecule has 0 aliphatic heterocycles. The maximum Gasteiger partial charge on any atom is 0.0946 e. The zero-order valence-electron chi connectivity index (χ0n) is 7.18. The highest BCUT2D eigenvalue weighted by Gasteiger charge is 2.02. The molecule has 0 aliphatic rings. The predicted octanol–water partition coefficient (Wildman–Crippen LogP) is 1.44. The molecular weight excluding hydrogens is 126 g/mol. The van der Waals surface area contributed by atoms with Crippen molar-refractivity contribution in [2.45, 2.75) is 33.2 Å². The van der Waals surface area contributed by atoms with Gasteiger partial charge in [0.2, 0.25) is 0 Å². The summed E-state index contributed by atoms with van der Waals surface area (Å²) in [6, 6.07) is 0.494.